The highest BCUT2D eigenvalue weighted by Crippen LogP contribution is 2.10. The summed E-state index contributed by atoms with van der Waals surface area (Å²) in [6.45, 7) is 2.47. The van der Waals surface area contributed by atoms with E-state index in [0.717, 1.165) is 6.42 Å². The van der Waals surface area contributed by atoms with E-state index < -0.39 is 5.97 Å². The van der Waals surface area contributed by atoms with Gasteiger partial charge in [-0.3, -0.25) is 5.01 Å². The van der Waals surface area contributed by atoms with Crippen molar-refractivity contribution < 1.29 is 9.90 Å². The van der Waals surface area contributed by atoms with Crippen molar-refractivity contribution in [1.82, 2.24) is 15.4 Å². The first-order chi connectivity index (χ1) is 6.16. The summed E-state index contributed by atoms with van der Waals surface area (Å²) in [5.41, 5.74) is -0.157. The van der Waals surface area contributed by atoms with E-state index >= 15 is 0 Å². The first-order valence-electron chi connectivity index (χ1n) is 3.83. The summed E-state index contributed by atoms with van der Waals surface area (Å²) in [6, 6.07) is 0. The van der Waals surface area contributed by atoms with Crippen molar-refractivity contribution in [3.8, 4) is 0 Å². The second-order valence-electron chi connectivity index (χ2n) is 2.49. The Balaban J connectivity index is 2.86. The number of hydrazine groups is 1. The molecule has 0 aliphatic carbocycles. The Morgan fingerprint density at radius 3 is 2.92 bits per heavy atom. The molecule has 0 amide bonds. The van der Waals surface area contributed by atoms with E-state index in [1.165, 1.54) is 5.01 Å². The van der Waals surface area contributed by atoms with Crippen molar-refractivity contribution in [1.29, 1.82) is 0 Å². The highest BCUT2D eigenvalue weighted by Gasteiger charge is 2.18. The molecule has 0 fully saturated rings. The summed E-state index contributed by atoms with van der Waals surface area (Å²) in [5, 5.41) is 19.2. The van der Waals surface area contributed by atoms with Crippen LogP contribution in [0.1, 0.15) is 23.8 Å². The first-order valence-corrected chi connectivity index (χ1v) is 3.83. The standard InChI is InChI=1S/C6H11N5O2/c1-2-3-11(7)5-4(6(12)13)8-10-9-5/h2-3,7H2,1H3,(H,12,13)(H,8,9,10). The molecule has 0 radical (unpaired) electrons. The maximum absolute atomic E-state index is 10.6. The predicted octanol–water partition coefficient (Wildman–Crippen LogP) is -0.407. The molecule has 13 heavy (non-hydrogen) atoms. The molecule has 7 heteroatoms. The lowest BCUT2D eigenvalue weighted by Crippen LogP contribution is -2.33. The van der Waals surface area contributed by atoms with Gasteiger partial charge < -0.3 is 5.11 Å². The van der Waals surface area contributed by atoms with Crippen LogP contribution in [-0.4, -0.2) is 33.0 Å². The molecule has 1 aromatic rings. The third-order valence-electron chi connectivity index (χ3n) is 1.47. The van der Waals surface area contributed by atoms with Gasteiger partial charge in [0, 0.05) is 6.54 Å². The maximum Gasteiger partial charge on any atom is 0.360 e. The fourth-order valence-electron chi connectivity index (χ4n) is 0.916. The van der Waals surface area contributed by atoms with E-state index in [0.29, 0.717) is 6.54 Å². The smallest absolute Gasteiger partial charge is 0.360 e. The van der Waals surface area contributed by atoms with Crippen LogP contribution >= 0.6 is 0 Å². The molecule has 1 rings (SSSR count). The number of anilines is 1. The molecule has 0 spiro atoms. The number of nitrogens with one attached hydrogen (secondary N) is 1. The molecule has 0 saturated carbocycles. The van der Waals surface area contributed by atoms with Crippen LogP contribution in [0.5, 0.6) is 0 Å². The Hall–Kier alpha value is -1.63. The Bertz CT molecular complexity index is 297. The van der Waals surface area contributed by atoms with Crippen LogP contribution in [0.2, 0.25) is 0 Å². The summed E-state index contributed by atoms with van der Waals surface area (Å²) >= 11 is 0. The number of H-pyrrole nitrogens is 1. The third-order valence-corrected chi connectivity index (χ3v) is 1.47. The highest BCUT2D eigenvalue weighted by molar-refractivity contribution is 5.90. The zero-order valence-corrected chi connectivity index (χ0v) is 7.19. The second-order valence-corrected chi connectivity index (χ2v) is 2.49. The lowest BCUT2D eigenvalue weighted by Gasteiger charge is -2.13. The Kier molecular flexibility index (Phi) is 2.80. The van der Waals surface area contributed by atoms with Gasteiger partial charge in [-0.1, -0.05) is 6.92 Å². The number of rotatable bonds is 4. The number of carboxylic acids is 1. The minimum absolute atomic E-state index is 0.157. The number of nitrogens with two attached hydrogens (primary N) is 1. The topological polar surface area (TPSA) is 108 Å². The molecule has 1 heterocycles. The van der Waals surface area contributed by atoms with E-state index in [-0.39, 0.29) is 11.5 Å². The average molecular weight is 185 g/mol. The molecule has 0 unspecified atom stereocenters. The van der Waals surface area contributed by atoms with E-state index in [9.17, 15) is 4.79 Å². The van der Waals surface area contributed by atoms with E-state index in [1.807, 2.05) is 6.92 Å². The lowest BCUT2D eigenvalue weighted by molar-refractivity contribution is 0.0691. The van der Waals surface area contributed by atoms with Crippen molar-refractivity contribution in [2.24, 2.45) is 5.84 Å². The maximum atomic E-state index is 10.6. The first kappa shape index (κ1) is 9.46. The number of nitrogens with zero attached hydrogens (tertiary/aromatic N) is 3. The molecule has 0 aromatic carbocycles. The number of carbonyl (C=O) groups is 1. The van der Waals surface area contributed by atoms with Crippen LogP contribution in [0.3, 0.4) is 0 Å². The fourth-order valence-corrected chi connectivity index (χ4v) is 0.916. The Morgan fingerprint density at radius 1 is 1.69 bits per heavy atom. The SMILES string of the molecule is CCCN(N)c1n[nH]nc1C(=O)O. The zero-order valence-electron chi connectivity index (χ0n) is 7.19. The molecular formula is C6H11N5O2. The van der Waals surface area contributed by atoms with Gasteiger partial charge in [-0.25, -0.2) is 10.6 Å². The van der Waals surface area contributed by atoms with Gasteiger partial charge in [0.15, 0.2) is 5.82 Å². The summed E-state index contributed by atoms with van der Waals surface area (Å²) < 4.78 is 0. The van der Waals surface area contributed by atoms with Crippen LogP contribution in [0, 0.1) is 0 Å². The van der Waals surface area contributed by atoms with E-state index in [2.05, 4.69) is 15.4 Å². The molecule has 0 aliphatic rings. The zero-order chi connectivity index (χ0) is 9.84. The summed E-state index contributed by atoms with van der Waals surface area (Å²) in [6.07, 6.45) is 0.808. The van der Waals surface area contributed by atoms with Crippen molar-refractivity contribution in [2.45, 2.75) is 13.3 Å². The molecule has 7 nitrogen and oxygen atoms in total. The number of aromatic amines is 1. The second kappa shape index (κ2) is 3.85. The molecule has 0 aliphatic heterocycles. The number of aromatic carboxylic acids is 1. The van der Waals surface area contributed by atoms with Gasteiger partial charge in [0.25, 0.3) is 0 Å². The monoisotopic (exact) mass is 185 g/mol. The summed E-state index contributed by atoms with van der Waals surface area (Å²) in [5.74, 6) is 4.55. The Morgan fingerprint density at radius 2 is 2.38 bits per heavy atom. The van der Waals surface area contributed by atoms with Crippen LogP contribution in [-0.2, 0) is 0 Å². The van der Waals surface area contributed by atoms with E-state index in [1.54, 1.807) is 0 Å². The molecule has 4 N–H and O–H groups in total. The number of hydrogen-bond acceptors (Lipinski definition) is 5. The molecule has 0 bridgehead atoms. The lowest BCUT2D eigenvalue weighted by atomic mass is 10.4. The van der Waals surface area contributed by atoms with Gasteiger partial charge in [-0.05, 0) is 6.42 Å². The van der Waals surface area contributed by atoms with Crippen LogP contribution in [0.15, 0.2) is 0 Å². The van der Waals surface area contributed by atoms with Crippen LogP contribution in [0.25, 0.3) is 0 Å². The minimum Gasteiger partial charge on any atom is -0.476 e. The van der Waals surface area contributed by atoms with E-state index in [4.69, 9.17) is 10.9 Å². The minimum atomic E-state index is -1.14. The third kappa shape index (κ3) is 1.94. The van der Waals surface area contributed by atoms with Gasteiger partial charge in [-0.15, -0.1) is 10.2 Å². The largest absolute Gasteiger partial charge is 0.476 e. The normalized spacial score (nSPS) is 10.0. The van der Waals surface area contributed by atoms with Gasteiger partial charge in [0.1, 0.15) is 0 Å². The fraction of sp³-hybridized carbons (Fsp3) is 0.500. The molecule has 0 atom stereocenters. The predicted molar refractivity (Wildman–Crippen MR) is 45.2 cm³/mol. The van der Waals surface area contributed by atoms with Crippen LogP contribution in [0.4, 0.5) is 5.82 Å². The Labute approximate surface area is 74.5 Å². The van der Waals surface area contributed by atoms with Crippen molar-refractivity contribution in [2.75, 3.05) is 11.6 Å². The summed E-state index contributed by atoms with van der Waals surface area (Å²) in [4.78, 5) is 10.6. The van der Waals surface area contributed by atoms with Crippen molar-refractivity contribution in [3.05, 3.63) is 5.69 Å². The quantitative estimate of drug-likeness (QED) is 0.434. The average Bonchev–Trinajstić information content (AvgIpc) is 2.52. The number of hydrogen-bond donors (Lipinski definition) is 3. The van der Waals surface area contributed by atoms with Gasteiger partial charge in [0.2, 0.25) is 5.69 Å². The molecule has 1 aromatic heterocycles. The van der Waals surface area contributed by atoms with Crippen molar-refractivity contribution in [3.63, 3.8) is 0 Å². The molecule has 0 saturated heterocycles. The highest BCUT2D eigenvalue weighted by atomic mass is 16.4. The molecule has 72 valence electrons. The van der Waals surface area contributed by atoms with Crippen molar-refractivity contribution >= 4 is 11.8 Å². The summed E-state index contributed by atoms with van der Waals surface area (Å²) in [7, 11) is 0. The number of aromatic nitrogens is 3. The van der Waals surface area contributed by atoms with Crippen LogP contribution < -0.4 is 10.9 Å². The number of carboxylic acid groups (broad SMARTS) is 1. The molecular weight excluding hydrogens is 174 g/mol. The van der Waals surface area contributed by atoms with Gasteiger partial charge in [-0.2, -0.15) is 5.21 Å². The van der Waals surface area contributed by atoms with Gasteiger partial charge in [0.05, 0.1) is 0 Å². The van der Waals surface area contributed by atoms with Gasteiger partial charge >= 0.3 is 5.97 Å².